The lowest BCUT2D eigenvalue weighted by Crippen LogP contribution is -2.32. The van der Waals surface area contributed by atoms with E-state index in [1.807, 2.05) is 43.3 Å². The fraction of sp³-hybridized carbons (Fsp3) is 0.417. The molecule has 1 rings (SSSR count). The van der Waals surface area contributed by atoms with E-state index in [1.165, 1.54) is 0 Å². The summed E-state index contributed by atoms with van der Waals surface area (Å²) in [4.78, 5) is 14.5. The van der Waals surface area contributed by atoms with Crippen LogP contribution in [0, 0.1) is 0 Å². The number of hydrogen-bond donors (Lipinski definition) is 2. The van der Waals surface area contributed by atoms with E-state index < -0.39 is 0 Å². The van der Waals surface area contributed by atoms with Gasteiger partial charge in [-0.05, 0) is 31.8 Å². The van der Waals surface area contributed by atoms with Gasteiger partial charge in [0.2, 0.25) is 5.91 Å². The molecule has 16 heavy (non-hydrogen) atoms. The standard InChI is InChI=1S/C12H18N2OS/c1-14(2)8-7-13-12(15)9-10-3-5-11(16)6-4-10/h3-6,16H,7-9H2,1-2H3,(H,13,15). The molecule has 0 aromatic heterocycles. The zero-order valence-corrected chi connectivity index (χ0v) is 10.6. The number of amides is 1. The molecule has 0 aliphatic carbocycles. The first kappa shape index (κ1) is 13.1. The summed E-state index contributed by atoms with van der Waals surface area (Å²) in [5.74, 6) is 0.0637. The first-order valence-electron chi connectivity index (χ1n) is 5.27. The molecule has 0 saturated carbocycles. The summed E-state index contributed by atoms with van der Waals surface area (Å²) in [6.07, 6.45) is 0.432. The van der Waals surface area contributed by atoms with Crippen molar-refractivity contribution in [2.45, 2.75) is 11.3 Å². The van der Waals surface area contributed by atoms with Crippen LogP contribution in [-0.4, -0.2) is 38.0 Å². The summed E-state index contributed by atoms with van der Waals surface area (Å²) in [7, 11) is 3.97. The van der Waals surface area contributed by atoms with Crippen LogP contribution in [0.5, 0.6) is 0 Å². The molecule has 0 atom stereocenters. The molecular formula is C12H18N2OS. The summed E-state index contributed by atoms with van der Waals surface area (Å²) in [6.45, 7) is 1.55. The van der Waals surface area contributed by atoms with Crippen molar-refractivity contribution >= 4 is 18.5 Å². The normalized spacial score (nSPS) is 10.5. The van der Waals surface area contributed by atoms with Crippen LogP contribution in [0.3, 0.4) is 0 Å². The van der Waals surface area contributed by atoms with Gasteiger partial charge in [-0.25, -0.2) is 0 Å². The van der Waals surface area contributed by atoms with Crippen molar-refractivity contribution in [3.05, 3.63) is 29.8 Å². The van der Waals surface area contributed by atoms with Crippen molar-refractivity contribution in [1.82, 2.24) is 10.2 Å². The molecular weight excluding hydrogens is 220 g/mol. The van der Waals surface area contributed by atoms with Crippen LogP contribution in [0.4, 0.5) is 0 Å². The average molecular weight is 238 g/mol. The third-order valence-corrected chi connectivity index (χ3v) is 2.48. The first-order valence-corrected chi connectivity index (χ1v) is 5.72. The number of likely N-dealkylation sites (N-methyl/N-ethyl adjacent to an activating group) is 1. The Kier molecular flexibility index (Phi) is 5.35. The van der Waals surface area contributed by atoms with Crippen molar-refractivity contribution in [3.63, 3.8) is 0 Å². The lowest BCUT2D eigenvalue weighted by Gasteiger charge is -2.10. The van der Waals surface area contributed by atoms with Gasteiger partial charge in [0, 0.05) is 18.0 Å². The van der Waals surface area contributed by atoms with E-state index in [0.717, 1.165) is 17.0 Å². The van der Waals surface area contributed by atoms with Crippen molar-refractivity contribution in [2.24, 2.45) is 0 Å². The van der Waals surface area contributed by atoms with E-state index in [2.05, 4.69) is 17.9 Å². The molecule has 0 aliphatic rings. The van der Waals surface area contributed by atoms with Crippen LogP contribution >= 0.6 is 12.6 Å². The maximum atomic E-state index is 11.5. The zero-order valence-electron chi connectivity index (χ0n) is 9.73. The zero-order chi connectivity index (χ0) is 12.0. The Morgan fingerprint density at radius 1 is 1.31 bits per heavy atom. The minimum atomic E-state index is 0.0637. The highest BCUT2D eigenvalue weighted by Gasteiger charge is 2.02. The second-order valence-corrected chi connectivity index (χ2v) is 4.51. The van der Waals surface area contributed by atoms with Crippen LogP contribution in [0.15, 0.2) is 29.2 Å². The van der Waals surface area contributed by atoms with E-state index in [0.29, 0.717) is 13.0 Å². The number of benzene rings is 1. The van der Waals surface area contributed by atoms with Crippen LogP contribution in [0.25, 0.3) is 0 Å². The number of carbonyl (C=O) groups is 1. The SMILES string of the molecule is CN(C)CCNC(=O)Cc1ccc(S)cc1. The average Bonchev–Trinajstić information content (AvgIpc) is 2.21. The molecule has 1 N–H and O–H groups in total. The van der Waals surface area contributed by atoms with Crippen LogP contribution < -0.4 is 5.32 Å². The maximum absolute atomic E-state index is 11.5. The predicted molar refractivity (Wildman–Crippen MR) is 69.0 cm³/mol. The summed E-state index contributed by atoms with van der Waals surface area (Å²) in [5, 5.41) is 2.88. The van der Waals surface area contributed by atoms with Crippen molar-refractivity contribution in [3.8, 4) is 0 Å². The Morgan fingerprint density at radius 2 is 1.94 bits per heavy atom. The molecule has 0 saturated heterocycles. The van der Waals surface area contributed by atoms with E-state index in [4.69, 9.17) is 0 Å². The minimum absolute atomic E-state index is 0.0637. The van der Waals surface area contributed by atoms with E-state index in [9.17, 15) is 4.79 Å². The lowest BCUT2D eigenvalue weighted by atomic mass is 10.1. The monoisotopic (exact) mass is 238 g/mol. The molecule has 0 radical (unpaired) electrons. The highest BCUT2D eigenvalue weighted by Crippen LogP contribution is 2.07. The molecule has 88 valence electrons. The molecule has 0 fully saturated rings. The van der Waals surface area contributed by atoms with E-state index in [-0.39, 0.29) is 5.91 Å². The maximum Gasteiger partial charge on any atom is 0.224 e. The number of nitrogens with zero attached hydrogens (tertiary/aromatic N) is 1. The smallest absolute Gasteiger partial charge is 0.224 e. The second kappa shape index (κ2) is 6.55. The van der Waals surface area contributed by atoms with Crippen LogP contribution in [0.1, 0.15) is 5.56 Å². The summed E-state index contributed by atoms with van der Waals surface area (Å²) < 4.78 is 0. The number of rotatable bonds is 5. The highest BCUT2D eigenvalue weighted by molar-refractivity contribution is 7.80. The quantitative estimate of drug-likeness (QED) is 0.755. The molecule has 3 nitrogen and oxygen atoms in total. The van der Waals surface area contributed by atoms with E-state index in [1.54, 1.807) is 0 Å². The third kappa shape index (κ3) is 5.19. The largest absolute Gasteiger partial charge is 0.355 e. The fourth-order valence-corrected chi connectivity index (χ4v) is 1.43. The van der Waals surface area contributed by atoms with Crippen LogP contribution in [0.2, 0.25) is 0 Å². The third-order valence-electron chi connectivity index (χ3n) is 2.18. The number of hydrogen-bond acceptors (Lipinski definition) is 3. The predicted octanol–water partition coefficient (Wildman–Crippen LogP) is 1.20. The molecule has 0 heterocycles. The molecule has 0 spiro atoms. The van der Waals surface area contributed by atoms with Gasteiger partial charge in [-0.15, -0.1) is 12.6 Å². The molecule has 4 heteroatoms. The number of carbonyl (C=O) groups excluding carboxylic acids is 1. The van der Waals surface area contributed by atoms with Gasteiger partial charge in [0.15, 0.2) is 0 Å². The topological polar surface area (TPSA) is 32.3 Å². The van der Waals surface area contributed by atoms with Gasteiger partial charge in [-0.2, -0.15) is 0 Å². The molecule has 1 aromatic rings. The second-order valence-electron chi connectivity index (χ2n) is 4.00. The van der Waals surface area contributed by atoms with Crippen molar-refractivity contribution in [1.29, 1.82) is 0 Å². The first-order chi connectivity index (χ1) is 7.58. The molecule has 0 unspecified atom stereocenters. The van der Waals surface area contributed by atoms with Gasteiger partial charge in [0.05, 0.1) is 6.42 Å². The Hall–Kier alpha value is -1.00. The number of nitrogens with one attached hydrogen (secondary N) is 1. The van der Waals surface area contributed by atoms with Gasteiger partial charge in [0.25, 0.3) is 0 Å². The molecule has 0 bridgehead atoms. The lowest BCUT2D eigenvalue weighted by molar-refractivity contribution is -0.120. The van der Waals surface area contributed by atoms with Gasteiger partial charge >= 0.3 is 0 Å². The fourth-order valence-electron chi connectivity index (χ4n) is 1.28. The Balaban J connectivity index is 2.31. The Morgan fingerprint density at radius 3 is 2.50 bits per heavy atom. The molecule has 1 amide bonds. The van der Waals surface area contributed by atoms with Gasteiger partial charge < -0.3 is 10.2 Å². The molecule has 0 aliphatic heterocycles. The van der Waals surface area contributed by atoms with Crippen LogP contribution in [-0.2, 0) is 11.2 Å². The highest BCUT2D eigenvalue weighted by atomic mass is 32.1. The Labute approximate surface area is 102 Å². The summed E-state index contributed by atoms with van der Waals surface area (Å²) in [6, 6.07) is 7.64. The number of thiol groups is 1. The Bertz CT molecular complexity index is 335. The van der Waals surface area contributed by atoms with Crippen molar-refractivity contribution < 1.29 is 4.79 Å². The summed E-state index contributed by atoms with van der Waals surface area (Å²) >= 11 is 4.20. The van der Waals surface area contributed by atoms with Gasteiger partial charge in [-0.3, -0.25) is 4.79 Å². The minimum Gasteiger partial charge on any atom is -0.355 e. The van der Waals surface area contributed by atoms with Gasteiger partial charge in [0.1, 0.15) is 0 Å². The summed E-state index contributed by atoms with van der Waals surface area (Å²) in [5.41, 5.74) is 1.01. The molecule has 1 aromatic carbocycles. The van der Waals surface area contributed by atoms with Gasteiger partial charge in [-0.1, -0.05) is 12.1 Å². The van der Waals surface area contributed by atoms with Crippen molar-refractivity contribution in [2.75, 3.05) is 27.2 Å². The van der Waals surface area contributed by atoms with E-state index >= 15 is 0 Å².